The normalized spacial score (nSPS) is 13.9. The molecule has 7 heteroatoms. The van der Waals surface area contributed by atoms with Crippen molar-refractivity contribution in [1.29, 1.82) is 0 Å². The first-order chi connectivity index (χ1) is 15.8. The Morgan fingerprint density at radius 1 is 1.15 bits per heavy atom. The number of fused-ring (bicyclic) bond motifs is 2. The van der Waals surface area contributed by atoms with E-state index in [1.54, 1.807) is 44.6 Å². The first-order valence-electron chi connectivity index (χ1n) is 10.4. The highest BCUT2D eigenvalue weighted by Crippen LogP contribution is 2.39. The van der Waals surface area contributed by atoms with Crippen molar-refractivity contribution in [3.63, 3.8) is 0 Å². The minimum Gasteiger partial charge on any atom is -0.507 e. The SMILES string of the molecule is CN(C)C(=O)c1cccc(-c2ccnc3c2c(C=C2Oc4cccc(O)c4C2=O)cn3C)c1. The number of ketones is 1. The predicted octanol–water partition coefficient (Wildman–Crippen LogP) is 4.26. The van der Waals surface area contributed by atoms with E-state index in [0.29, 0.717) is 11.3 Å². The number of ether oxygens (including phenoxy) is 1. The van der Waals surface area contributed by atoms with Gasteiger partial charge < -0.3 is 19.3 Å². The van der Waals surface area contributed by atoms with Crippen LogP contribution in [0.15, 0.2) is 66.7 Å². The Labute approximate surface area is 190 Å². The number of phenols is 1. The van der Waals surface area contributed by atoms with Crippen molar-refractivity contribution in [2.45, 2.75) is 0 Å². The van der Waals surface area contributed by atoms with Gasteiger partial charge in [0.2, 0.25) is 5.78 Å². The number of Topliss-reactive ketones (excluding diaryl/α,β-unsaturated/α-hetero) is 1. The molecule has 33 heavy (non-hydrogen) atoms. The molecule has 1 N–H and O–H groups in total. The number of rotatable bonds is 3. The van der Waals surface area contributed by atoms with Gasteiger partial charge in [-0.05, 0) is 47.5 Å². The molecule has 5 rings (SSSR count). The highest BCUT2D eigenvalue weighted by molar-refractivity contribution is 6.17. The molecule has 7 nitrogen and oxygen atoms in total. The van der Waals surface area contributed by atoms with Gasteiger partial charge in [-0.3, -0.25) is 9.59 Å². The second kappa shape index (κ2) is 7.63. The summed E-state index contributed by atoms with van der Waals surface area (Å²) in [4.78, 5) is 31.4. The minimum atomic E-state index is -0.371. The van der Waals surface area contributed by atoms with Crippen LogP contribution < -0.4 is 4.74 Å². The number of benzene rings is 2. The van der Waals surface area contributed by atoms with Crippen LogP contribution in [-0.2, 0) is 7.05 Å². The Balaban J connectivity index is 1.66. The van der Waals surface area contributed by atoms with Gasteiger partial charge in [0.05, 0.1) is 0 Å². The van der Waals surface area contributed by atoms with Crippen molar-refractivity contribution >= 4 is 28.8 Å². The number of aryl methyl sites for hydroxylation is 1. The predicted molar refractivity (Wildman–Crippen MR) is 125 cm³/mol. The number of hydrogen-bond donors (Lipinski definition) is 1. The standard InChI is InChI=1S/C26H21N3O4/c1-28(2)26(32)16-7-4-6-15(12-16)18-10-11-27-25-22(18)17(14-29(25)3)13-21-24(31)23-19(30)8-5-9-20(23)33-21/h4-14,30H,1-3H3. The van der Waals surface area contributed by atoms with Gasteiger partial charge in [-0.1, -0.05) is 18.2 Å². The number of phenolic OH excluding ortho intramolecular Hbond substituents is 1. The van der Waals surface area contributed by atoms with Crippen molar-refractivity contribution < 1.29 is 19.4 Å². The van der Waals surface area contributed by atoms with Crippen molar-refractivity contribution in [2.24, 2.45) is 7.05 Å². The van der Waals surface area contributed by atoms with Gasteiger partial charge in [0.1, 0.15) is 22.7 Å². The number of carbonyl (C=O) groups is 2. The molecule has 2 aromatic carbocycles. The van der Waals surface area contributed by atoms with E-state index < -0.39 is 0 Å². The number of nitrogens with zero attached hydrogens (tertiary/aromatic N) is 3. The monoisotopic (exact) mass is 439 g/mol. The van der Waals surface area contributed by atoms with Crippen LogP contribution >= 0.6 is 0 Å². The van der Waals surface area contributed by atoms with Crippen LogP contribution in [0.5, 0.6) is 11.5 Å². The molecule has 0 radical (unpaired) electrons. The Hall–Kier alpha value is -4.39. The Bertz CT molecular complexity index is 1480. The third-order valence-corrected chi connectivity index (χ3v) is 5.67. The molecule has 0 saturated heterocycles. The average Bonchev–Trinajstić information content (AvgIpc) is 3.30. The molecule has 2 aromatic heterocycles. The van der Waals surface area contributed by atoms with E-state index in [9.17, 15) is 14.7 Å². The van der Waals surface area contributed by atoms with Crippen LogP contribution in [0.4, 0.5) is 0 Å². The lowest BCUT2D eigenvalue weighted by atomic mass is 9.98. The highest BCUT2D eigenvalue weighted by atomic mass is 16.5. The van der Waals surface area contributed by atoms with Crippen LogP contribution in [0.3, 0.4) is 0 Å². The Kier molecular flexibility index (Phi) is 4.74. The summed E-state index contributed by atoms with van der Waals surface area (Å²) >= 11 is 0. The molecule has 164 valence electrons. The molecule has 1 aliphatic heterocycles. The van der Waals surface area contributed by atoms with Crippen molar-refractivity contribution in [3.05, 3.63) is 83.4 Å². The number of amides is 1. The Morgan fingerprint density at radius 3 is 2.70 bits per heavy atom. The lowest BCUT2D eigenvalue weighted by Crippen LogP contribution is -2.21. The summed E-state index contributed by atoms with van der Waals surface area (Å²) in [6.07, 6.45) is 5.27. The van der Waals surface area contributed by atoms with Gasteiger partial charge in [0.15, 0.2) is 5.76 Å². The maximum absolute atomic E-state index is 12.9. The maximum Gasteiger partial charge on any atom is 0.253 e. The zero-order chi connectivity index (χ0) is 23.3. The van der Waals surface area contributed by atoms with Crippen LogP contribution in [0.1, 0.15) is 26.3 Å². The lowest BCUT2D eigenvalue weighted by Gasteiger charge is -2.12. The summed E-state index contributed by atoms with van der Waals surface area (Å²) in [7, 11) is 5.32. The van der Waals surface area contributed by atoms with Crippen LogP contribution in [-0.4, -0.2) is 45.3 Å². The second-order valence-corrected chi connectivity index (χ2v) is 8.12. The van der Waals surface area contributed by atoms with E-state index in [0.717, 1.165) is 27.7 Å². The van der Waals surface area contributed by atoms with Crippen molar-refractivity contribution in [2.75, 3.05) is 14.1 Å². The van der Waals surface area contributed by atoms with Crippen molar-refractivity contribution in [3.8, 4) is 22.6 Å². The molecular weight excluding hydrogens is 418 g/mol. The first-order valence-corrected chi connectivity index (χ1v) is 10.4. The van der Waals surface area contributed by atoms with E-state index >= 15 is 0 Å². The van der Waals surface area contributed by atoms with Crippen LogP contribution in [0.2, 0.25) is 0 Å². The number of aromatic hydroxyl groups is 1. The van der Waals surface area contributed by atoms with Gasteiger partial charge in [0.25, 0.3) is 5.91 Å². The molecule has 0 spiro atoms. The van der Waals surface area contributed by atoms with Gasteiger partial charge in [-0.25, -0.2) is 4.98 Å². The molecule has 0 unspecified atom stereocenters. The van der Waals surface area contributed by atoms with E-state index in [1.807, 2.05) is 42.1 Å². The van der Waals surface area contributed by atoms with Crippen LogP contribution in [0.25, 0.3) is 28.2 Å². The summed E-state index contributed by atoms with van der Waals surface area (Å²) in [6, 6.07) is 14.1. The molecule has 3 heterocycles. The van der Waals surface area contributed by atoms with Gasteiger partial charge in [-0.2, -0.15) is 0 Å². The summed E-state index contributed by atoms with van der Waals surface area (Å²) in [5, 5.41) is 10.9. The fraction of sp³-hybridized carbons (Fsp3) is 0.115. The summed E-state index contributed by atoms with van der Waals surface area (Å²) in [5.41, 5.74) is 3.97. The molecule has 0 atom stereocenters. The van der Waals surface area contributed by atoms with Crippen molar-refractivity contribution in [1.82, 2.24) is 14.5 Å². The fourth-order valence-electron chi connectivity index (χ4n) is 4.12. The number of hydrogen-bond acceptors (Lipinski definition) is 5. The Morgan fingerprint density at radius 2 is 1.94 bits per heavy atom. The van der Waals surface area contributed by atoms with Crippen LogP contribution in [0, 0.1) is 0 Å². The number of allylic oxidation sites excluding steroid dienone is 1. The summed E-state index contributed by atoms with van der Waals surface area (Å²) in [5.74, 6) is -0.0992. The molecule has 1 aliphatic rings. The topological polar surface area (TPSA) is 84.7 Å². The molecule has 0 aliphatic carbocycles. The van der Waals surface area contributed by atoms with Gasteiger partial charge in [-0.15, -0.1) is 0 Å². The fourth-order valence-corrected chi connectivity index (χ4v) is 4.12. The molecule has 0 saturated carbocycles. The average molecular weight is 439 g/mol. The quantitative estimate of drug-likeness (QED) is 0.482. The van der Waals surface area contributed by atoms with E-state index in [4.69, 9.17) is 4.74 Å². The zero-order valence-corrected chi connectivity index (χ0v) is 18.4. The molecule has 0 bridgehead atoms. The number of carbonyl (C=O) groups excluding carboxylic acids is 2. The maximum atomic E-state index is 12.9. The van der Waals surface area contributed by atoms with E-state index in [2.05, 4.69) is 4.98 Å². The molecule has 1 amide bonds. The third-order valence-electron chi connectivity index (χ3n) is 5.67. The smallest absolute Gasteiger partial charge is 0.253 e. The number of pyridine rings is 1. The van der Waals surface area contributed by atoms with E-state index in [1.165, 1.54) is 11.0 Å². The molecular formula is C26H21N3O4. The molecule has 4 aromatic rings. The van der Waals surface area contributed by atoms with Gasteiger partial charge in [0, 0.05) is 50.0 Å². The summed E-state index contributed by atoms with van der Waals surface area (Å²) in [6.45, 7) is 0. The van der Waals surface area contributed by atoms with E-state index in [-0.39, 0.29) is 28.8 Å². The van der Waals surface area contributed by atoms with Gasteiger partial charge >= 0.3 is 0 Å². The largest absolute Gasteiger partial charge is 0.507 e. The molecule has 0 fully saturated rings. The first kappa shape index (κ1) is 20.5. The lowest BCUT2D eigenvalue weighted by molar-refractivity contribution is 0.0827. The summed E-state index contributed by atoms with van der Waals surface area (Å²) < 4.78 is 7.64. The second-order valence-electron chi connectivity index (χ2n) is 8.12. The number of aromatic nitrogens is 2. The zero-order valence-electron chi connectivity index (χ0n) is 18.4. The third kappa shape index (κ3) is 3.34. The minimum absolute atomic E-state index is 0.0833. The highest BCUT2D eigenvalue weighted by Gasteiger charge is 2.30.